The summed E-state index contributed by atoms with van der Waals surface area (Å²) in [5, 5.41) is 3.50. The van der Waals surface area contributed by atoms with Crippen LogP contribution in [0.1, 0.15) is 48.5 Å². The molecule has 0 aliphatic carbocycles. The highest BCUT2D eigenvalue weighted by Crippen LogP contribution is 2.26. The van der Waals surface area contributed by atoms with Gasteiger partial charge in [-0.3, -0.25) is 10.1 Å². The highest BCUT2D eigenvalue weighted by Gasteiger charge is 2.43. The predicted molar refractivity (Wildman–Crippen MR) is 71.5 cm³/mol. The van der Waals surface area contributed by atoms with E-state index in [1.807, 2.05) is 0 Å². The fourth-order valence-corrected chi connectivity index (χ4v) is 2.40. The summed E-state index contributed by atoms with van der Waals surface area (Å²) in [6, 6.07) is 0.287. The molecule has 1 fully saturated rings. The Balaban J connectivity index is 2.94. The van der Waals surface area contributed by atoms with Crippen LogP contribution in [0.2, 0.25) is 0 Å². The number of carbonyl (C=O) groups is 1. The zero-order valence-corrected chi connectivity index (χ0v) is 12.3. The number of carbonyl (C=O) groups excluding carboxylic acids is 1. The maximum Gasteiger partial charge on any atom is 0.241 e. The van der Waals surface area contributed by atoms with Crippen LogP contribution in [0, 0.1) is 17.8 Å². The van der Waals surface area contributed by atoms with Crippen molar-refractivity contribution in [1.29, 1.82) is 0 Å². The summed E-state index contributed by atoms with van der Waals surface area (Å²) in [5.74, 6) is 1.57. The van der Waals surface area contributed by atoms with Gasteiger partial charge in [-0.1, -0.05) is 41.5 Å². The second kappa shape index (κ2) is 5.38. The van der Waals surface area contributed by atoms with Crippen molar-refractivity contribution in [3.63, 3.8) is 0 Å². The third-order valence-corrected chi connectivity index (χ3v) is 3.87. The van der Waals surface area contributed by atoms with Crippen molar-refractivity contribution < 1.29 is 4.79 Å². The van der Waals surface area contributed by atoms with Crippen LogP contribution in [0.5, 0.6) is 0 Å². The van der Waals surface area contributed by atoms with E-state index in [0.29, 0.717) is 23.8 Å². The molecule has 1 amide bonds. The van der Waals surface area contributed by atoms with Gasteiger partial charge in [-0.05, 0) is 24.7 Å². The van der Waals surface area contributed by atoms with Gasteiger partial charge in [-0.25, -0.2) is 0 Å². The standard InChI is InChI=1S/C14H28N2O/c1-8(2)11(7)16-13(10(5)6)15-12(9(3)4)14(16)17/h8-13,15H,1-7H3. The Morgan fingerprint density at radius 1 is 1.00 bits per heavy atom. The minimum Gasteiger partial charge on any atom is -0.323 e. The molecular formula is C14H28N2O. The molecule has 1 aliphatic rings. The number of nitrogens with zero attached hydrogens (tertiary/aromatic N) is 1. The summed E-state index contributed by atoms with van der Waals surface area (Å²) in [6.07, 6.45) is 0.187. The zero-order chi connectivity index (χ0) is 13.3. The van der Waals surface area contributed by atoms with Crippen molar-refractivity contribution in [3.8, 4) is 0 Å². The fourth-order valence-electron chi connectivity index (χ4n) is 2.40. The molecule has 0 aromatic heterocycles. The summed E-state index contributed by atoms with van der Waals surface area (Å²) in [7, 11) is 0. The molecule has 100 valence electrons. The third kappa shape index (κ3) is 2.82. The van der Waals surface area contributed by atoms with E-state index in [4.69, 9.17) is 0 Å². The van der Waals surface area contributed by atoms with Gasteiger partial charge in [0.15, 0.2) is 0 Å². The van der Waals surface area contributed by atoms with E-state index in [1.165, 1.54) is 0 Å². The van der Waals surface area contributed by atoms with Gasteiger partial charge in [0.1, 0.15) is 0 Å². The van der Waals surface area contributed by atoms with Gasteiger partial charge in [-0.15, -0.1) is 0 Å². The molecule has 1 heterocycles. The molecule has 0 radical (unpaired) electrons. The van der Waals surface area contributed by atoms with Crippen molar-refractivity contribution in [2.75, 3.05) is 0 Å². The van der Waals surface area contributed by atoms with Crippen molar-refractivity contribution in [1.82, 2.24) is 10.2 Å². The Hall–Kier alpha value is -0.570. The van der Waals surface area contributed by atoms with Crippen molar-refractivity contribution in [2.45, 2.75) is 66.7 Å². The van der Waals surface area contributed by atoms with Gasteiger partial charge in [0.25, 0.3) is 0 Å². The van der Waals surface area contributed by atoms with Crippen LogP contribution in [0.4, 0.5) is 0 Å². The van der Waals surface area contributed by atoms with E-state index in [0.717, 1.165) is 0 Å². The minimum absolute atomic E-state index is 0.0106. The van der Waals surface area contributed by atoms with E-state index in [-0.39, 0.29) is 18.1 Å². The SMILES string of the molecule is CC(C)C1NC(C(C)C)N(C(C)C(C)C)C1=O. The lowest BCUT2D eigenvalue weighted by Gasteiger charge is -2.34. The van der Waals surface area contributed by atoms with Crippen LogP contribution in [-0.4, -0.2) is 29.1 Å². The number of hydrogen-bond acceptors (Lipinski definition) is 2. The molecular weight excluding hydrogens is 212 g/mol. The molecule has 0 aromatic carbocycles. The molecule has 0 aromatic rings. The van der Waals surface area contributed by atoms with E-state index in [1.54, 1.807) is 0 Å². The van der Waals surface area contributed by atoms with Gasteiger partial charge in [-0.2, -0.15) is 0 Å². The Morgan fingerprint density at radius 3 is 1.88 bits per heavy atom. The molecule has 1 rings (SSSR count). The molecule has 3 atom stereocenters. The molecule has 17 heavy (non-hydrogen) atoms. The molecule has 0 saturated carbocycles. The number of nitrogens with one attached hydrogen (secondary N) is 1. The normalized spacial score (nSPS) is 27.6. The lowest BCUT2D eigenvalue weighted by Crippen LogP contribution is -2.48. The van der Waals surface area contributed by atoms with Crippen molar-refractivity contribution in [2.24, 2.45) is 17.8 Å². The molecule has 1 N–H and O–H groups in total. The largest absolute Gasteiger partial charge is 0.323 e. The average Bonchev–Trinajstić information content (AvgIpc) is 2.54. The number of hydrogen-bond donors (Lipinski definition) is 1. The molecule has 3 nitrogen and oxygen atoms in total. The van der Waals surface area contributed by atoms with Gasteiger partial charge < -0.3 is 4.90 Å². The quantitative estimate of drug-likeness (QED) is 0.818. The first-order valence-corrected chi connectivity index (χ1v) is 6.85. The van der Waals surface area contributed by atoms with E-state index < -0.39 is 0 Å². The predicted octanol–water partition coefficient (Wildman–Crippen LogP) is 2.47. The van der Waals surface area contributed by atoms with Crippen LogP contribution >= 0.6 is 0 Å². The first kappa shape index (κ1) is 14.5. The molecule has 0 spiro atoms. The molecule has 1 aliphatic heterocycles. The van der Waals surface area contributed by atoms with Gasteiger partial charge in [0, 0.05) is 6.04 Å². The number of rotatable bonds is 4. The summed E-state index contributed by atoms with van der Waals surface area (Å²) < 4.78 is 0. The van der Waals surface area contributed by atoms with E-state index in [2.05, 4.69) is 58.7 Å². The fraction of sp³-hybridized carbons (Fsp3) is 0.929. The smallest absolute Gasteiger partial charge is 0.241 e. The second-order valence-electron chi connectivity index (χ2n) is 6.31. The first-order chi connectivity index (χ1) is 7.77. The van der Waals surface area contributed by atoms with Crippen LogP contribution in [0.25, 0.3) is 0 Å². The van der Waals surface area contributed by atoms with E-state index >= 15 is 0 Å². The summed E-state index contributed by atoms with van der Waals surface area (Å²) in [5.41, 5.74) is 0. The third-order valence-electron chi connectivity index (χ3n) is 3.87. The minimum atomic E-state index is -0.0106. The summed E-state index contributed by atoms with van der Waals surface area (Å²) in [6.45, 7) is 15.1. The topological polar surface area (TPSA) is 32.3 Å². The molecule has 3 heteroatoms. The van der Waals surface area contributed by atoms with Crippen LogP contribution in [-0.2, 0) is 4.79 Å². The Labute approximate surface area is 106 Å². The monoisotopic (exact) mass is 240 g/mol. The van der Waals surface area contributed by atoms with Gasteiger partial charge in [0.2, 0.25) is 5.91 Å². The average molecular weight is 240 g/mol. The van der Waals surface area contributed by atoms with Gasteiger partial charge in [0.05, 0.1) is 12.2 Å². The zero-order valence-electron chi connectivity index (χ0n) is 12.3. The Bertz CT molecular complexity index is 273. The lowest BCUT2D eigenvalue weighted by atomic mass is 10.0. The Morgan fingerprint density at radius 2 is 1.53 bits per heavy atom. The van der Waals surface area contributed by atoms with Crippen molar-refractivity contribution >= 4 is 5.91 Å². The summed E-state index contributed by atoms with van der Waals surface area (Å²) >= 11 is 0. The molecule has 3 unspecified atom stereocenters. The Kier molecular flexibility index (Phi) is 4.59. The summed E-state index contributed by atoms with van der Waals surface area (Å²) in [4.78, 5) is 14.5. The van der Waals surface area contributed by atoms with Crippen LogP contribution in [0.3, 0.4) is 0 Å². The maximum atomic E-state index is 12.5. The van der Waals surface area contributed by atoms with Crippen LogP contribution < -0.4 is 5.32 Å². The maximum absolute atomic E-state index is 12.5. The molecule has 1 saturated heterocycles. The van der Waals surface area contributed by atoms with E-state index in [9.17, 15) is 4.79 Å². The first-order valence-electron chi connectivity index (χ1n) is 6.85. The second-order valence-corrected chi connectivity index (χ2v) is 6.31. The number of amides is 1. The molecule has 0 bridgehead atoms. The highest BCUT2D eigenvalue weighted by molar-refractivity contribution is 5.85. The van der Waals surface area contributed by atoms with Crippen LogP contribution in [0.15, 0.2) is 0 Å². The van der Waals surface area contributed by atoms with Crippen molar-refractivity contribution in [3.05, 3.63) is 0 Å². The van der Waals surface area contributed by atoms with Gasteiger partial charge >= 0.3 is 0 Å². The highest BCUT2D eigenvalue weighted by atomic mass is 16.2. The lowest BCUT2D eigenvalue weighted by molar-refractivity contribution is -0.134.